The average Bonchev–Trinajstić information content (AvgIpc) is 2.16. The smallest absolute Gasteiger partial charge is 0.347 e. The molecule has 1 aromatic rings. The summed E-state index contributed by atoms with van der Waals surface area (Å²) in [4.78, 5) is 25.9. The van der Waals surface area contributed by atoms with Gasteiger partial charge in [0.05, 0.1) is 0 Å². The Kier molecular flexibility index (Phi) is 3.39. The van der Waals surface area contributed by atoms with Crippen molar-refractivity contribution in [2.24, 2.45) is 0 Å². The van der Waals surface area contributed by atoms with Gasteiger partial charge < -0.3 is 5.32 Å². The maximum atomic E-state index is 11.3. The number of aromatic nitrogens is 2. The first-order chi connectivity index (χ1) is 6.63. The van der Waals surface area contributed by atoms with Gasteiger partial charge in [-0.15, -0.1) is 0 Å². The highest BCUT2D eigenvalue weighted by atomic mass is 16.2. The first-order valence-electron chi connectivity index (χ1n) is 4.38. The van der Waals surface area contributed by atoms with E-state index < -0.39 is 0 Å². The molecule has 0 atom stereocenters. The van der Waals surface area contributed by atoms with Crippen LogP contribution in [0.1, 0.15) is 12.1 Å². The molecular weight excluding hydrogens is 182 g/mol. The van der Waals surface area contributed by atoms with Crippen molar-refractivity contribution in [1.29, 1.82) is 0 Å². The molecule has 0 fully saturated rings. The summed E-state index contributed by atoms with van der Waals surface area (Å²) < 4.78 is 1.42. The van der Waals surface area contributed by atoms with E-state index in [1.165, 1.54) is 4.57 Å². The lowest BCUT2D eigenvalue weighted by Crippen LogP contribution is -2.26. The van der Waals surface area contributed by atoms with Gasteiger partial charge in [0.2, 0.25) is 5.91 Å². The maximum absolute atomic E-state index is 11.3. The molecule has 1 aromatic heterocycles. The minimum absolute atomic E-state index is 0.0857. The third-order valence-electron chi connectivity index (χ3n) is 1.87. The molecule has 1 amide bonds. The molecule has 76 valence electrons. The third kappa shape index (κ3) is 2.69. The molecule has 1 rings (SSSR count). The molecule has 0 radical (unpaired) electrons. The van der Waals surface area contributed by atoms with E-state index in [4.69, 9.17) is 0 Å². The Bertz CT molecular complexity index is 384. The van der Waals surface area contributed by atoms with Gasteiger partial charge >= 0.3 is 5.69 Å². The molecule has 14 heavy (non-hydrogen) atoms. The van der Waals surface area contributed by atoms with Gasteiger partial charge in [0, 0.05) is 31.9 Å². The normalized spacial score (nSPS) is 9.86. The molecule has 0 aliphatic rings. The van der Waals surface area contributed by atoms with E-state index in [-0.39, 0.29) is 11.6 Å². The Morgan fingerprint density at radius 2 is 2.36 bits per heavy atom. The summed E-state index contributed by atoms with van der Waals surface area (Å²) >= 11 is 0. The van der Waals surface area contributed by atoms with Crippen molar-refractivity contribution in [1.82, 2.24) is 14.9 Å². The van der Waals surface area contributed by atoms with Crippen LogP contribution in [-0.2, 0) is 11.3 Å². The molecule has 0 saturated heterocycles. The fourth-order valence-electron chi connectivity index (χ4n) is 1.03. The third-order valence-corrected chi connectivity index (χ3v) is 1.87. The summed E-state index contributed by atoms with van der Waals surface area (Å²) in [6, 6.07) is 1.74. The van der Waals surface area contributed by atoms with Gasteiger partial charge in [-0.05, 0) is 13.0 Å². The molecule has 0 unspecified atom stereocenters. The first-order valence-corrected chi connectivity index (χ1v) is 4.38. The van der Waals surface area contributed by atoms with Crippen LogP contribution in [0, 0.1) is 6.92 Å². The molecular formula is C9H13N3O2. The lowest BCUT2D eigenvalue weighted by Gasteiger charge is -2.03. The molecule has 0 spiro atoms. The monoisotopic (exact) mass is 195 g/mol. The topological polar surface area (TPSA) is 64.0 Å². The standard InChI is InChI=1S/C9H13N3O2/c1-7-3-5-12(9(14)11-7)6-4-8(13)10-2/h3,5H,4,6H2,1-2H3,(H,10,13). The zero-order valence-electron chi connectivity index (χ0n) is 8.28. The summed E-state index contributed by atoms with van der Waals surface area (Å²) in [5.74, 6) is -0.0857. The molecule has 1 N–H and O–H groups in total. The van der Waals surface area contributed by atoms with E-state index in [0.29, 0.717) is 18.7 Å². The summed E-state index contributed by atoms with van der Waals surface area (Å²) in [5.41, 5.74) is 0.375. The number of rotatable bonds is 3. The van der Waals surface area contributed by atoms with E-state index in [1.807, 2.05) is 0 Å². The molecule has 5 heteroatoms. The molecule has 5 nitrogen and oxygen atoms in total. The number of carbonyl (C=O) groups is 1. The second-order valence-corrected chi connectivity index (χ2v) is 2.97. The van der Waals surface area contributed by atoms with Gasteiger partial charge in [0.25, 0.3) is 0 Å². The van der Waals surface area contributed by atoms with Crippen molar-refractivity contribution in [2.75, 3.05) is 7.05 Å². The summed E-state index contributed by atoms with van der Waals surface area (Å²) in [6.45, 7) is 2.12. The second kappa shape index (κ2) is 4.55. The highest BCUT2D eigenvalue weighted by Crippen LogP contribution is 1.89. The van der Waals surface area contributed by atoms with E-state index in [2.05, 4.69) is 10.3 Å². The van der Waals surface area contributed by atoms with Gasteiger partial charge in [-0.1, -0.05) is 0 Å². The van der Waals surface area contributed by atoms with E-state index >= 15 is 0 Å². The van der Waals surface area contributed by atoms with Crippen LogP contribution in [0.3, 0.4) is 0 Å². The summed E-state index contributed by atoms with van der Waals surface area (Å²) in [5, 5.41) is 2.49. The molecule has 1 heterocycles. The van der Waals surface area contributed by atoms with Crippen LogP contribution in [0.4, 0.5) is 0 Å². The lowest BCUT2D eigenvalue weighted by molar-refractivity contribution is -0.120. The lowest BCUT2D eigenvalue weighted by atomic mass is 10.4. The number of amides is 1. The second-order valence-electron chi connectivity index (χ2n) is 2.97. The fourth-order valence-corrected chi connectivity index (χ4v) is 1.03. The van der Waals surface area contributed by atoms with Crippen LogP contribution in [0.2, 0.25) is 0 Å². The predicted molar refractivity (Wildman–Crippen MR) is 51.9 cm³/mol. The van der Waals surface area contributed by atoms with Gasteiger partial charge in [-0.3, -0.25) is 9.36 Å². The van der Waals surface area contributed by atoms with E-state index in [0.717, 1.165) is 0 Å². The summed E-state index contributed by atoms with van der Waals surface area (Å²) in [7, 11) is 1.57. The summed E-state index contributed by atoms with van der Waals surface area (Å²) in [6.07, 6.45) is 1.94. The fraction of sp³-hybridized carbons (Fsp3) is 0.444. The molecule has 0 aliphatic heterocycles. The molecule has 0 aliphatic carbocycles. The molecule has 0 aromatic carbocycles. The van der Waals surface area contributed by atoms with Crippen LogP contribution in [-0.4, -0.2) is 22.5 Å². The van der Waals surface area contributed by atoms with Crippen LogP contribution >= 0.6 is 0 Å². The largest absolute Gasteiger partial charge is 0.359 e. The van der Waals surface area contributed by atoms with Crippen molar-refractivity contribution < 1.29 is 4.79 Å². The van der Waals surface area contributed by atoms with Crippen LogP contribution < -0.4 is 11.0 Å². The van der Waals surface area contributed by atoms with E-state index in [9.17, 15) is 9.59 Å². The number of carbonyl (C=O) groups excluding carboxylic acids is 1. The zero-order valence-corrected chi connectivity index (χ0v) is 8.28. The molecule has 0 bridgehead atoms. The predicted octanol–water partition coefficient (Wildman–Crippen LogP) is -0.312. The highest BCUT2D eigenvalue weighted by molar-refractivity contribution is 5.75. The Labute approximate surface area is 81.8 Å². The minimum Gasteiger partial charge on any atom is -0.359 e. The number of aryl methyl sites for hydroxylation is 2. The average molecular weight is 195 g/mol. The minimum atomic E-state index is -0.311. The van der Waals surface area contributed by atoms with Crippen LogP contribution in [0.15, 0.2) is 17.1 Å². The highest BCUT2D eigenvalue weighted by Gasteiger charge is 2.00. The number of hydrogen-bond acceptors (Lipinski definition) is 3. The number of nitrogens with zero attached hydrogens (tertiary/aromatic N) is 2. The first kappa shape index (κ1) is 10.4. The Morgan fingerprint density at radius 3 is 2.93 bits per heavy atom. The van der Waals surface area contributed by atoms with Crippen molar-refractivity contribution in [3.05, 3.63) is 28.4 Å². The Morgan fingerprint density at radius 1 is 1.64 bits per heavy atom. The van der Waals surface area contributed by atoms with Gasteiger partial charge in [0.1, 0.15) is 0 Å². The van der Waals surface area contributed by atoms with E-state index in [1.54, 1.807) is 26.2 Å². The van der Waals surface area contributed by atoms with Crippen molar-refractivity contribution >= 4 is 5.91 Å². The number of hydrogen-bond donors (Lipinski definition) is 1. The van der Waals surface area contributed by atoms with Crippen molar-refractivity contribution in [3.8, 4) is 0 Å². The van der Waals surface area contributed by atoms with Crippen LogP contribution in [0.5, 0.6) is 0 Å². The quantitative estimate of drug-likeness (QED) is 0.719. The van der Waals surface area contributed by atoms with Gasteiger partial charge in [0.15, 0.2) is 0 Å². The van der Waals surface area contributed by atoms with Gasteiger partial charge in [-0.25, -0.2) is 4.79 Å². The maximum Gasteiger partial charge on any atom is 0.347 e. The molecule has 0 saturated carbocycles. The Balaban J connectivity index is 2.68. The zero-order chi connectivity index (χ0) is 10.6. The van der Waals surface area contributed by atoms with Gasteiger partial charge in [-0.2, -0.15) is 4.98 Å². The van der Waals surface area contributed by atoms with Crippen molar-refractivity contribution in [3.63, 3.8) is 0 Å². The van der Waals surface area contributed by atoms with Crippen LogP contribution in [0.25, 0.3) is 0 Å². The van der Waals surface area contributed by atoms with Crippen molar-refractivity contribution in [2.45, 2.75) is 19.9 Å². The Hall–Kier alpha value is -1.65. The number of nitrogens with one attached hydrogen (secondary N) is 1. The SMILES string of the molecule is CNC(=O)CCn1ccc(C)nc1=O.